The average Bonchev–Trinajstić information content (AvgIpc) is 3.05. The maximum absolute atomic E-state index is 12.9. The summed E-state index contributed by atoms with van der Waals surface area (Å²) in [5, 5.41) is 0. The van der Waals surface area contributed by atoms with Crippen molar-refractivity contribution in [2.75, 3.05) is 0 Å². The predicted molar refractivity (Wildman–Crippen MR) is 106 cm³/mol. The molecule has 0 aliphatic heterocycles. The molecule has 0 saturated heterocycles. The zero-order valence-electron chi connectivity index (χ0n) is 17.3. The van der Waals surface area contributed by atoms with Gasteiger partial charge >= 0.3 is 5.69 Å². The summed E-state index contributed by atoms with van der Waals surface area (Å²) in [5.41, 5.74) is 2.73. The van der Waals surface area contributed by atoms with Crippen molar-refractivity contribution in [2.24, 2.45) is 25.4 Å². The van der Waals surface area contributed by atoms with Crippen LogP contribution in [0.15, 0.2) is 9.59 Å². The van der Waals surface area contributed by atoms with Crippen molar-refractivity contribution in [2.45, 2.75) is 59.9 Å². The molecule has 0 amide bonds. The first-order valence-corrected chi connectivity index (χ1v) is 9.69. The third-order valence-corrected chi connectivity index (χ3v) is 6.40. The van der Waals surface area contributed by atoms with Crippen LogP contribution in [0.5, 0.6) is 0 Å². The Kier molecular flexibility index (Phi) is 3.74. The molecule has 2 atom stereocenters. The van der Waals surface area contributed by atoms with Gasteiger partial charge in [0.2, 0.25) is 5.78 Å². The van der Waals surface area contributed by atoms with Crippen LogP contribution in [0.25, 0.3) is 16.9 Å². The standard InChI is InChI=1S/C20H29N5O2/c1-11-8-14(10-20(4,5)9-11)24-12(2)13(3)25-15-16(21-18(24)25)22(6)19(27)23(7)17(15)26/h11,14H,8-10H2,1-7H3. The number of fused-ring (bicyclic) bond motifs is 3. The van der Waals surface area contributed by atoms with Crippen molar-refractivity contribution < 1.29 is 0 Å². The normalized spacial score (nSPS) is 22.8. The van der Waals surface area contributed by atoms with Crippen LogP contribution in [-0.4, -0.2) is 23.1 Å². The molecular weight excluding hydrogens is 342 g/mol. The molecule has 0 bridgehead atoms. The molecule has 146 valence electrons. The fourth-order valence-electron chi connectivity index (χ4n) is 5.28. The Morgan fingerprint density at radius 3 is 2.33 bits per heavy atom. The highest BCUT2D eigenvalue weighted by molar-refractivity contribution is 5.76. The quantitative estimate of drug-likeness (QED) is 0.660. The topological polar surface area (TPSA) is 66.2 Å². The molecule has 3 aromatic rings. The van der Waals surface area contributed by atoms with Gasteiger partial charge in [0.15, 0.2) is 11.2 Å². The fraction of sp³-hybridized carbons (Fsp3) is 0.650. The summed E-state index contributed by atoms with van der Waals surface area (Å²) in [5.74, 6) is 1.41. The summed E-state index contributed by atoms with van der Waals surface area (Å²) in [6, 6.07) is 0.345. The van der Waals surface area contributed by atoms with Gasteiger partial charge in [-0.2, -0.15) is 4.98 Å². The van der Waals surface area contributed by atoms with Gasteiger partial charge in [0.25, 0.3) is 5.56 Å². The lowest BCUT2D eigenvalue weighted by Crippen LogP contribution is -2.37. The average molecular weight is 371 g/mol. The molecule has 4 rings (SSSR count). The van der Waals surface area contributed by atoms with Crippen LogP contribution in [0.3, 0.4) is 0 Å². The summed E-state index contributed by atoms with van der Waals surface area (Å²) >= 11 is 0. The summed E-state index contributed by atoms with van der Waals surface area (Å²) in [6.07, 6.45) is 3.42. The van der Waals surface area contributed by atoms with Gasteiger partial charge in [-0.15, -0.1) is 0 Å². The Morgan fingerprint density at radius 2 is 1.70 bits per heavy atom. The Balaban J connectivity index is 2.08. The van der Waals surface area contributed by atoms with E-state index in [1.165, 1.54) is 18.0 Å². The maximum Gasteiger partial charge on any atom is 0.332 e. The van der Waals surface area contributed by atoms with Crippen LogP contribution in [0.2, 0.25) is 0 Å². The molecule has 0 N–H and O–H groups in total. The minimum absolute atomic E-state index is 0.277. The fourth-order valence-corrected chi connectivity index (χ4v) is 5.28. The lowest BCUT2D eigenvalue weighted by atomic mass is 9.70. The monoisotopic (exact) mass is 371 g/mol. The van der Waals surface area contributed by atoms with Gasteiger partial charge in [-0.3, -0.25) is 18.3 Å². The minimum atomic E-state index is -0.346. The molecule has 1 aliphatic rings. The van der Waals surface area contributed by atoms with Crippen molar-refractivity contribution in [3.8, 4) is 0 Å². The van der Waals surface area contributed by atoms with E-state index in [1.807, 2.05) is 11.3 Å². The van der Waals surface area contributed by atoms with Crippen LogP contribution < -0.4 is 11.2 Å². The zero-order chi connectivity index (χ0) is 19.8. The number of hydrogen-bond acceptors (Lipinski definition) is 3. The second kappa shape index (κ2) is 5.59. The first-order valence-electron chi connectivity index (χ1n) is 9.69. The van der Waals surface area contributed by atoms with Gasteiger partial charge in [0.05, 0.1) is 0 Å². The molecule has 1 aliphatic carbocycles. The largest absolute Gasteiger partial charge is 0.332 e. The van der Waals surface area contributed by atoms with E-state index in [2.05, 4.69) is 32.3 Å². The van der Waals surface area contributed by atoms with Gasteiger partial charge < -0.3 is 4.57 Å². The molecule has 3 aromatic heterocycles. The predicted octanol–water partition coefficient (Wildman–Crippen LogP) is 2.69. The van der Waals surface area contributed by atoms with Gasteiger partial charge in [-0.1, -0.05) is 20.8 Å². The van der Waals surface area contributed by atoms with Crippen LogP contribution in [0, 0.1) is 25.2 Å². The van der Waals surface area contributed by atoms with Crippen LogP contribution in [0.1, 0.15) is 57.5 Å². The molecule has 2 unspecified atom stereocenters. The third-order valence-electron chi connectivity index (χ3n) is 6.40. The first kappa shape index (κ1) is 18.1. The van der Waals surface area contributed by atoms with E-state index < -0.39 is 0 Å². The minimum Gasteiger partial charge on any atom is -0.311 e. The number of nitrogens with zero attached hydrogens (tertiary/aromatic N) is 5. The van der Waals surface area contributed by atoms with Gasteiger partial charge in [0.1, 0.15) is 0 Å². The van der Waals surface area contributed by atoms with Crippen molar-refractivity contribution in [1.82, 2.24) is 23.1 Å². The van der Waals surface area contributed by atoms with E-state index in [0.717, 1.165) is 34.6 Å². The molecule has 1 saturated carbocycles. The van der Waals surface area contributed by atoms with E-state index in [0.29, 0.717) is 23.1 Å². The molecule has 27 heavy (non-hydrogen) atoms. The first-order chi connectivity index (χ1) is 12.5. The molecule has 0 radical (unpaired) electrons. The number of rotatable bonds is 1. The lowest BCUT2D eigenvalue weighted by Gasteiger charge is -2.40. The van der Waals surface area contributed by atoms with E-state index in [1.54, 1.807) is 7.05 Å². The summed E-state index contributed by atoms with van der Waals surface area (Å²) in [4.78, 5) is 30.0. The Hall–Kier alpha value is -2.31. The summed E-state index contributed by atoms with van der Waals surface area (Å²) in [7, 11) is 3.20. The molecule has 3 heterocycles. The van der Waals surface area contributed by atoms with Crippen molar-refractivity contribution in [3.05, 3.63) is 32.2 Å². The van der Waals surface area contributed by atoms with Gasteiger partial charge in [-0.05, 0) is 44.4 Å². The second-order valence-corrected chi connectivity index (χ2v) is 9.23. The zero-order valence-corrected chi connectivity index (χ0v) is 17.3. The third kappa shape index (κ3) is 2.43. The summed E-state index contributed by atoms with van der Waals surface area (Å²) in [6.45, 7) is 11.1. The number of hydrogen-bond donors (Lipinski definition) is 0. The molecule has 7 nitrogen and oxygen atoms in total. The van der Waals surface area contributed by atoms with E-state index >= 15 is 0 Å². The maximum atomic E-state index is 12.9. The van der Waals surface area contributed by atoms with Crippen LogP contribution in [0.4, 0.5) is 0 Å². The van der Waals surface area contributed by atoms with E-state index in [9.17, 15) is 9.59 Å². The molecular formula is C20H29N5O2. The summed E-state index contributed by atoms with van der Waals surface area (Å²) < 4.78 is 6.88. The molecule has 0 spiro atoms. The Labute approximate surface area is 158 Å². The Bertz CT molecular complexity index is 1190. The highest BCUT2D eigenvalue weighted by Crippen LogP contribution is 2.45. The van der Waals surface area contributed by atoms with Crippen LogP contribution in [-0.2, 0) is 14.1 Å². The number of aromatic nitrogens is 5. The van der Waals surface area contributed by atoms with Crippen molar-refractivity contribution >= 4 is 16.9 Å². The molecule has 1 fully saturated rings. The van der Waals surface area contributed by atoms with Gasteiger partial charge in [-0.25, -0.2) is 4.79 Å². The molecule has 7 heteroatoms. The Morgan fingerprint density at radius 1 is 1.04 bits per heavy atom. The highest BCUT2D eigenvalue weighted by Gasteiger charge is 2.35. The lowest BCUT2D eigenvalue weighted by molar-refractivity contribution is 0.138. The van der Waals surface area contributed by atoms with E-state index in [4.69, 9.17) is 4.98 Å². The SMILES string of the molecule is Cc1c(C)n2c3c(=O)n(C)c(=O)n(C)c3nc2n1C1CC(C)CC(C)(C)C1. The van der Waals surface area contributed by atoms with Crippen molar-refractivity contribution in [3.63, 3.8) is 0 Å². The highest BCUT2D eigenvalue weighted by atomic mass is 16.2. The molecule has 0 aromatic carbocycles. The van der Waals surface area contributed by atoms with E-state index in [-0.39, 0.29) is 16.7 Å². The van der Waals surface area contributed by atoms with Gasteiger partial charge in [0, 0.05) is 31.5 Å². The van der Waals surface area contributed by atoms with Crippen molar-refractivity contribution in [1.29, 1.82) is 0 Å². The van der Waals surface area contributed by atoms with Crippen LogP contribution >= 0.6 is 0 Å². The number of imidazole rings is 2. The second-order valence-electron chi connectivity index (χ2n) is 9.23. The smallest absolute Gasteiger partial charge is 0.311 e. The number of aryl methyl sites for hydroxylation is 2.